The Morgan fingerprint density at radius 2 is 1.44 bits per heavy atom. The minimum atomic E-state index is 0.555. The largest absolute Gasteiger partial charge is 0.199 e. The van der Waals surface area contributed by atoms with Gasteiger partial charge in [0.1, 0.15) is 0 Å². The van der Waals surface area contributed by atoms with Gasteiger partial charge in [0.15, 0.2) is 13.2 Å². The number of hydrogen-bond donors (Lipinski definition) is 0. The van der Waals surface area contributed by atoms with Crippen LogP contribution in [0.3, 0.4) is 0 Å². The summed E-state index contributed by atoms with van der Waals surface area (Å²) in [6, 6.07) is 0. The minimum Gasteiger partial charge on any atom is -0.199 e. The molecule has 0 aromatic rings. The number of nitrogens with zero attached hydrogens (tertiary/aromatic N) is 2. The van der Waals surface area contributed by atoms with Crippen LogP contribution < -0.4 is 0 Å². The first-order chi connectivity index (χ1) is 7.86. The quantitative estimate of drug-likeness (QED) is 0.392. The highest BCUT2D eigenvalue weighted by atomic mass is 16.6. The van der Waals surface area contributed by atoms with Gasteiger partial charge in [-0.1, -0.05) is 19.3 Å². The molecule has 1 saturated carbocycles. The molecule has 1 rings (SSSR count). The van der Waals surface area contributed by atoms with Crippen molar-refractivity contribution in [2.75, 3.05) is 13.2 Å². The average molecular weight is 222 g/mol. The molecule has 2 unspecified atom stereocenters. The highest BCUT2D eigenvalue weighted by Crippen LogP contribution is 2.32. The Morgan fingerprint density at radius 3 is 1.88 bits per heavy atom. The fourth-order valence-corrected chi connectivity index (χ4v) is 2.46. The van der Waals surface area contributed by atoms with Crippen molar-refractivity contribution in [3.63, 3.8) is 0 Å². The van der Waals surface area contributed by atoms with E-state index in [9.17, 15) is 0 Å². The molecule has 88 valence electrons. The molecule has 0 N–H and O–H groups in total. The predicted octanol–water partition coefficient (Wildman–Crippen LogP) is 3.27. The van der Waals surface area contributed by atoms with Crippen molar-refractivity contribution < 1.29 is 9.68 Å². The van der Waals surface area contributed by atoms with E-state index >= 15 is 0 Å². The Bertz CT molecular complexity index is 241. The molecular formula is C12H18N2O2. The van der Waals surface area contributed by atoms with Crippen molar-refractivity contribution in [3.05, 3.63) is 23.2 Å². The summed E-state index contributed by atoms with van der Waals surface area (Å²) in [5, 5.41) is 5.79. The lowest BCUT2D eigenvalue weighted by Gasteiger charge is -2.27. The Balaban J connectivity index is 2.15. The van der Waals surface area contributed by atoms with Gasteiger partial charge in [-0.2, -0.15) is 22.8 Å². The predicted molar refractivity (Wildman–Crippen MR) is 59.8 cm³/mol. The van der Waals surface area contributed by atoms with Crippen LogP contribution >= 0.6 is 0 Å². The number of rotatable bonds is 6. The molecule has 2 atom stereocenters. The summed E-state index contributed by atoms with van der Waals surface area (Å²) in [5.41, 5.74) is 0. The second-order valence-electron chi connectivity index (χ2n) is 4.33. The fraction of sp³-hybridized carbons (Fsp3) is 0.833. The zero-order valence-corrected chi connectivity index (χ0v) is 9.52. The molecule has 0 heterocycles. The lowest BCUT2D eigenvalue weighted by atomic mass is 9.79. The molecule has 1 aliphatic carbocycles. The third-order valence-electron chi connectivity index (χ3n) is 3.26. The van der Waals surface area contributed by atoms with Crippen molar-refractivity contribution in [2.45, 2.75) is 38.5 Å². The molecule has 16 heavy (non-hydrogen) atoms. The van der Waals surface area contributed by atoms with Crippen LogP contribution in [0.15, 0.2) is 0 Å². The molecule has 0 aromatic carbocycles. The van der Waals surface area contributed by atoms with Crippen LogP contribution in [0.2, 0.25) is 0 Å². The second-order valence-corrected chi connectivity index (χ2v) is 4.33. The van der Waals surface area contributed by atoms with E-state index in [0.29, 0.717) is 25.0 Å². The highest BCUT2D eigenvalue weighted by Gasteiger charge is 2.22. The molecule has 0 aliphatic heterocycles. The number of hydrogen-bond acceptors (Lipinski definition) is 2. The summed E-state index contributed by atoms with van der Waals surface area (Å²) in [4.78, 5) is 9.39. The normalized spacial score (nSPS) is 24.1. The van der Waals surface area contributed by atoms with E-state index in [1.807, 2.05) is 0 Å². The van der Waals surface area contributed by atoms with Crippen molar-refractivity contribution in [1.29, 1.82) is 0 Å². The van der Waals surface area contributed by atoms with Crippen molar-refractivity contribution >= 4 is 0 Å². The topological polar surface area (TPSA) is 27.2 Å². The van der Waals surface area contributed by atoms with E-state index in [1.165, 1.54) is 25.7 Å². The summed E-state index contributed by atoms with van der Waals surface area (Å²) in [7, 11) is 0. The lowest BCUT2D eigenvalue weighted by Crippen LogP contribution is -2.17. The van der Waals surface area contributed by atoms with E-state index in [4.69, 9.17) is 22.8 Å². The lowest BCUT2D eigenvalue weighted by molar-refractivity contribution is 0.153. The van der Waals surface area contributed by atoms with E-state index in [1.54, 1.807) is 0 Å². The summed E-state index contributed by atoms with van der Waals surface area (Å²) >= 11 is 0. The molecule has 0 saturated heterocycles. The summed E-state index contributed by atoms with van der Waals surface area (Å²) in [6.45, 7) is 14.2. The summed E-state index contributed by atoms with van der Waals surface area (Å²) < 4.78 is 0. The standard InChI is InChI=1S/C12H18N2O2/c1-13-15-8-6-11-4-3-5-12(10-11)7-9-16-14-2/h11-12H,3-10H2. The van der Waals surface area contributed by atoms with Crippen LogP contribution in [0, 0.1) is 25.0 Å². The Kier molecular flexibility index (Phi) is 6.18. The highest BCUT2D eigenvalue weighted by molar-refractivity contribution is 4.73. The van der Waals surface area contributed by atoms with Crippen molar-refractivity contribution in [3.8, 4) is 0 Å². The average Bonchev–Trinajstić information content (AvgIpc) is 2.30. The van der Waals surface area contributed by atoms with Gasteiger partial charge in [-0.15, -0.1) is 0 Å². The van der Waals surface area contributed by atoms with Crippen LogP contribution in [0.1, 0.15) is 38.5 Å². The van der Waals surface area contributed by atoms with Gasteiger partial charge >= 0.3 is 0 Å². The molecule has 0 radical (unpaired) electrons. The molecule has 1 aliphatic rings. The van der Waals surface area contributed by atoms with Gasteiger partial charge in [0.25, 0.3) is 0 Å². The van der Waals surface area contributed by atoms with Gasteiger partial charge in [-0.3, -0.25) is 0 Å². The van der Waals surface area contributed by atoms with Gasteiger partial charge in [0, 0.05) is 0 Å². The molecule has 0 aromatic heterocycles. The summed E-state index contributed by atoms with van der Waals surface area (Å²) in [5.74, 6) is 1.38. The second kappa shape index (κ2) is 7.82. The van der Waals surface area contributed by atoms with Crippen LogP contribution in [0.25, 0.3) is 10.0 Å². The van der Waals surface area contributed by atoms with E-state index in [-0.39, 0.29) is 0 Å². The molecule has 1 fully saturated rings. The summed E-state index contributed by atoms with van der Waals surface area (Å²) in [6.07, 6.45) is 6.93. The van der Waals surface area contributed by atoms with E-state index < -0.39 is 0 Å². The van der Waals surface area contributed by atoms with Crippen molar-refractivity contribution in [2.24, 2.45) is 11.8 Å². The Morgan fingerprint density at radius 1 is 0.938 bits per heavy atom. The minimum absolute atomic E-state index is 0.555. The zero-order valence-electron chi connectivity index (χ0n) is 9.52. The maximum absolute atomic E-state index is 6.53. The first-order valence-electron chi connectivity index (χ1n) is 5.84. The van der Waals surface area contributed by atoms with Crippen LogP contribution in [0.4, 0.5) is 0 Å². The smallest absolute Gasteiger partial charge is 0.174 e. The SMILES string of the molecule is [C-]#[N+]OCCC1CCCC(CCO[N+]#[C-])C1. The van der Waals surface area contributed by atoms with Crippen LogP contribution in [0.5, 0.6) is 0 Å². The monoisotopic (exact) mass is 222 g/mol. The van der Waals surface area contributed by atoms with E-state index in [0.717, 1.165) is 12.8 Å². The Labute approximate surface area is 97.1 Å². The van der Waals surface area contributed by atoms with Crippen LogP contribution in [-0.4, -0.2) is 13.2 Å². The van der Waals surface area contributed by atoms with Crippen LogP contribution in [-0.2, 0) is 9.68 Å². The fourth-order valence-electron chi connectivity index (χ4n) is 2.46. The Hall–Kier alpha value is -1.42. The first-order valence-corrected chi connectivity index (χ1v) is 5.84. The van der Waals surface area contributed by atoms with Gasteiger partial charge in [-0.25, -0.2) is 0 Å². The van der Waals surface area contributed by atoms with Crippen molar-refractivity contribution in [1.82, 2.24) is 0 Å². The molecule has 4 heteroatoms. The molecule has 0 bridgehead atoms. The van der Waals surface area contributed by atoms with Gasteiger partial charge in [-0.05, 0) is 41.1 Å². The maximum Gasteiger partial charge on any atom is 0.174 e. The zero-order chi connectivity index (χ0) is 11.6. The van der Waals surface area contributed by atoms with Gasteiger partial charge in [0.05, 0.1) is 0 Å². The first kappa shape index (κ1) is 12.6. The molecular weight excluding hydrogens is 204 g/mol. The van der Waals surface area contributed by atoms with E-state index in [2.05, 4.69) is 10.0 Å². The molecule has 0 amide bonds. The maximum atomic E-state index is 6.53. The molecule has 0 spiro atoms. The van der Waals surface area contributed by atoms with Gasteiger partial charge < -0.3 is 0 Å². The third-order valence-corrected chi connectivity index (χ3v) is 3.26. The third kappa shape index (κ3) is 4.89. The van der Waals surface area contributed by atoms with Gasteiger partial charge in [0.2, 0.25) is 0 Å². The molecule has 4 nitrogen and oxygen atoms in total.